The average Bonchev–Trinajstić information content (AvgIpc) is 2.49. The van der Waals surface area contributed by atoms with Crippen LogP contribution in [0.2, 0.25) is 0 Å². The number of carbonyl (C=O) groups excluding carboxylic acids is 1. The first-order valence-corrected chi connectivity index (χ1v) is 9.48. The molecule has 142 valence electrons. The summed E-state index contributed by atoms with van der Waals surface area (Å²) in [4.78, 5) is 11.5. The smallest absolute Gasteiger partial charge is 0.311 e. The van der Waals surface area contributed by atoms with E-state index in [1.807, 2.05) is 6.92 Å². The van der Waals surface area contributed by atoms with Crippen molar-refractivity contribution >= 4 is 5.97 Å². The van der Waals surface area contributed by atoms with E-state index < -0.39 is 23.6 Å². The highest BCUT2D eigenvalue weighted by Gasteiger charge is 2.38. The molecule has 4 nitrogen and oxygen atoms in total. The zero-order valence-electron chi connectivity index (χ0n) is 16.5. The fourth-order valence-corrected chi connectivity index (χ4v) is 4.35. The number of aliphatic hydroxyl groups is 2. The lowest BCUT2D eigenvalue weighted by Gasteiger charge is -2.44. The molecule has 0 bridgehead atoms. The summed E-state index contributed by atoms with van der Waals surface area (Å²) < 4.78 is 4.67. The first kappa shape index (κ1) is 21.4. The number of rotatable bonds is 8. The third-order valence-corrected chi connectivity index (χ3v) is 6.29. The molecule has 1 fully saturated rings. The summed E-state index contributed by atoms with van der Waals surface area (Å²) >= 11 is 0. The molecule has 0 aromatic heterocycles. The van der Waals surface area contributed by atoms with Crippen LogP contribution >= 0.6 is 0 Å². The Balaban J connectivity index is 2.49. The van der Waals surface area contributed by atoms with Crippen molar-refractivity contribution in [3.05, 3.63) is 0 Å². The molecule has 0 amide bonds. The number of ether oxygens (including phenoxy) is 1. The molecule has 1 aliphatic rings. The Hall–Kier alpha value is -0.610. The second-order valence-electron chi connectivity index (χ2n) is 8.92. The van der Waals surface area contributed by atoms with E-state index in [4.69, 9.17) is 0 Å². The van der Waals surface area contributed by atoms with Gasteiger partial charge in [-0.05, 0) is 63.2 Å². The molecule has 5 atom stereocenters. The fourth-order valence-electron chi connectivity index (χ4n) is 4.35. The minimum Gasteiger partial charge on any atom is -0.469 e. The van der Waals surface area contributed by atoms with E-state index in [9.17, 15) is 15.0 Å². The second kappa shape index (κ2) is 8.66. The third kappa shape index (κ3) is 6.03. The van der Waals surface area contributed by atoms with Crippen molar-refractivity contribution in [3.8, 4) is 0 Å². The summed E-state index contributed by atoms with van der Waals surface area (Å²) in [5.41, 5.74) is -0.462. The molecule has 0 radical (unpaired) electrons. The Kier molecular flexibility index (Phi) is 7.74. The van der Waals surface area contributed by atoms with Gasteiger partial charge >= 0.3 is 5.97 Å². The van der Waals surface area contributed by atoms with Crippen molar-refractivity contribution in [1.29, 1.82) is 0 Å². The Morgan fingerprint density at radius 1 is 1.38 bits per heavy atom. The largest absolute Gasteiger partial charge is 0.469 e. The van der Waals surface area contributed by atoms with Crippen molar-refractivity contribution in [3.63, 3.8) is 0 Å². The average molecular weight is 343 g/mol. The molecular formula is C20H38O4. The zero-order chi connectivity index (χ0) is 18.5. The van der Waals surface area contributed by atoms with Gasteiger partial charge in [0.25, 0.3) is 0 Å². The SMILES string of the molecule is COC(=O)[C@H](C)[C@H](O)CC[C@](C)(O)CCC1C(C)CCCC1(C)C. The second-order valence-corrected chi connectivity index (χ2v) is 8.92. The van der Waals surface area contributed by atoms with Crippen LogP contribution in [0.5, 0.6) is 0 Å². The summed E-state index contributed by atoms with van der Waals surface area (Å²) in [5, 5.41) is 20.8. The predicted octanol–water partition coefficient (Wildman–Crippen LogP) is 3.93. The number of carbonyl (C=O) groups is 1. The lowest BCUT2D eigenvalue weighted by atomic mass is 9.62. The minimum atomic E-state index is -0.802. The van der Waals surface area contributed by atoms with Gasteiger partial charge in [-0.3, -0.25) is 4.79 Å². The molecule has 1 rings (SSSR count). The highest BCUT2D eigenvalue weighted by Crippen LogP contribution is 2.46. The maximum atomic E-state index is 11.5. The predicted molar refractivity (Wildman–Crippen MR) is 96.6 cm³/mol. The monoisotopic (exact) mass is 342 g/mol. The van der Waals surface area contributed by atoms with Crippen molar-refractivity contribution in [2.24, 2.45) is 23.2 Å². The van der Waals surface area contributed by atoms with E-state index in [1.54, 1.807) is 6.92 Å². The molecule has 0 saturated heterocycles. The zero-order valence-corrected chi connectivity index (χ0v) is 16.5. The van der Waals surface area contributed by atoms with Gasteiger partial charge in [-0.1, -0.05) is 33.6 Å². The highest BCUT2D eigenvalue weighted by molar-refractivity contribution is 5.72. The fraction of sp³-hybridized carbons (Fsp3) is 0.950. The van der Waals surface area contributed by atoms with E-state index in [0.29, 0.717) is 30.1 Å². The Labute approximate surface area is 148 Å². The summed E-state index contributed by atoms with van der Waals surface area (Å²) in [6.07, 6.45) is 5.75. The molecule has 0 aromatic rings. The van der Waals surface area contributed by atoms with Gasteiger partial charge in [-0.15, -0.1) is 0 Å². The first-order chi connectivity index (χ1) is 11.0. The van der Waals surface area contributed by atoms with Crippen LogP contribution in [0.25, 0.3) is 0 Å². The van der Waals surface area contributed by atoms with E-state index in [1.165, 1.54) is 26.4 Å². The van der Waals surface area contributed by atoms with Crippen LogP contribution in [0.15, 0.2) is 0 Å². The van der Waals surface area contributed by atoms with Crippen LogP contribution < -0.4 is 0 Å². The van der Waals surface area contributed by atoms with Crippen molar-refractivity contribution in [1.82, 2.24) is 0 Å². The number of esters is 1. The maximum absolute atomic E-state index is 11.5. The van der Waals surface area contributed by atoms with Crippen LogP contribution in [-0.4, -0.2) is 35.0 Å². The lowest BCUT2D eigenvalue weighted by molar-refractivity contribution is -0.149. The highest BCUT2D eigenvalue weighted by atomic mass is 16.5. The summed E-state index contributed by atoms with van der Waals surface area (Å²) in [6.45, 7) is 10.6. The molecule has 1 saturated carbocycles. The van der Waals surface area contributed by atoms with Crippen LogP contribution in [0, 0.1) is 23.2 Å². The minimum absolute atomic E-state index is 0.340. The number of hydrogen-bond acceptors (Lipinski definition) is 4. The molecular weight excluding hydrogens is 304 g/mol. The molecule has 24 heavy (non-hydrogen) atoms. The maximum Gasteiger partial charge on any atom is 0.311 e. The van der Waals surface area contributed by atoms with Gasteiger partial charge in [0, 0.05) is 0 Å². The summed E-state index contributed by atoms with van der Waals surface area (Å²) in [6, 6.07) is 0. The third-order valence-electron chi connectivity index (χ3n) is 6.29. The summed E-state index contributed by atoms with van der Waals surface area (Å²) in [5.74, 6) is 0.383. The lowest BCUT2D eigenvalue weighted by Crippen LogP contribution is -2.36. The standard InChI is InChI=1S/C20H38O4/c1-14-8-7-11-19(3,4)16(14)9-12-20(5,23)13-10-17(21)15(2)18(22)24-6/h14-17,21,23H,7-13H2,1-6H3/t14?,15-,16?,17-,20-/m1/s1. The topological polar surface area (TPSA) is 66.8 Å². The molecule has 0 aromatic carbocycles. The van der Waals surface area contributed by atoms with E-state index in [-0.39, 0.29) is 0 Å². The first-order valence-electron chi connectivity index (χ1n) is 9.48. The number of methoxy groups -OCH3 is 1. The molecule has 0 aliphatic heterocycles. The molecule has 0 heterocycles. The van der Waals surface area contributed by atoms with Gasteiger partial charge in [0.05, 0.1) is 24.7 Å². The van der Waals surface area contributed by atoms with Crippen molar-refractivity contribution < 1.29 is 19.7 Å². The van der Waals surface area contributed by atoms with Gasteiger partial charge in [0.2, 0.25) is 0 Å². The van der Waals surface area contributed by atoms with Crippen LogP contribution in [0.3, 0.4) is 0 Å². The van der Waals surface area contributed by atoms with Gasteiger partial charge in [-0.25, -0.2) is 0 Å². The Morgan fingerprint density at radius 2 is 2.00 bits per heavy atom. The number of aliphatic hydroxyl groups excluding tert-OH is 1. The van der Waals surface area contributed by atoms with E-state index >= 15 is 0 Å². The Morgan fingerprint density at radius 3 is 2.54 bits per heavy atom. The molecule has 2 N–H and O–H groups in total. The number of hydrogen-bond donors (Lipinski definition) is 2. The molecule has 2 unspecified atom stereocenters. The quantitative estimate of drug-likeness (QED) is 0.656. The van der Waals surface area contributed by atoms with Gasteiger partial charge in [0.1, 0.15) is 0 Å². The molecule has 0 spiro atoms. The summed E-state index contributed by atoms with van der Waals surface area (Å²) in [7, 11) is 1.33. The van der Waals surface area contributed by atoms with Crippen molar-refractivity contribution in [2.45, 2.75) is 91.3 Å². The van der Waals surface area contributed by atoms with Gasteiger partial charge < -0.3 is 14.9 Å². The molecule has 1 aliphatic carbocycles. The van der Waals surface area contributed by atoms with Gasteiger partial charge in [-0.2, -0.15) is 0 Å². The van der Waals surface area contributed by atoms with Gasteiger partial charge in [0.15, 0.2) is 0 Å². The van der Waals surface area contributed by atoms with Crippen LogP contribution in [-0.2, 0) is 9.53 Å². The van der Waals surface area contributed by atoms with E-state index in [2.05, 4.69) is 25.5 Å². The van der Waals surface area contributed by atoms with E-state index in [0.717, 1.165) is 12.8 Å². The van der Waals surface area contributed by atoms with Crippen LogP contribution in [0.1, 0.15) is 79.6 Å². The Bertz CT molecular complexity index is 402. The molecule has 4 heteroatoms. The van der Waals surface area contributed by atoms with Crippen LogP contribution in [0.4, 0.5) is 0 Å². The van der Waals surface area contributed by atoms with Crippen molar-refractivity contribution in [2.75, 3.05) is 7.11 Å². The normalized spacial score (nSPS) is 28.7.